The molecule has 0 saturated carbocycles. The molecule has 0 unspecified atom stereocenters. The molecule has 0 radical (unpaired) electrons. The van der Waals surface area contributed by atoms with Gasteiger partial charge < -0.3 is 8.99 Å². The number of nitrogens with zero attached hydrogens (tertiary/aromatic N) is 1. The molecule has 31 heavy (non-hydrogen) atoms. The first kappa shape index (κ1) is 30.6. The first-order valence-corrected chi connectivity index (χ1v) is 20.0. The summed E-state index contributed by atoms with van der Waals surface area (Å²) < 4.78 is 8.15. The number of allylic oxidation sites excluding steroid dienone is 2. The fourth-order valence-electron chi connectivity index (χ4n) is 3.76. The minimum atomic E-state index is -1.64. The van der Waals surface area contributed by atoms with Crippen molar-refractivity contribution >= 4 is 22.5 Å². The molecule has 0 spiro atoms. The van der Waals surface area contributed by atoms with Gasteiger partial charge in [0, 0.05) is 13.0 Å². The predicted molar refractivity (Wildman–Crippen MR) is 144 cm³/mol. The number of hydrogen-bond donors (Lipinski definition) is 0. The zero-order valence-corrected chi connectivity index (χ0v) is 24.2. The van der Waals surface area contributed by atoms with Crippen molar-refractivity contribution in [1.82, 2.24) is 4.57 Å². The van der Waals surface area contributed by atoms with Gasteiger partial charge in [0.2, 0.25) is 5.91 Å². The van der Waals surface area contributed by atoms with Gasteiger partial charge in [0.1, 0.15) is 0 Å². The maximum atomic E-state index is 12.8. The van der Waals surface area contributed by atoms with E-state index in [1.165, 1.54) is 77.0 Å². The largest absolute Gasteiger partial charge is 0.416 e. The van der Waals surface area contributed by atoms with Crippen molar-refractivity contribution in [2.45, 2.75) is 136 Å². The monoisotopic (exact) mass is 469 g/mol. The summed E-state index contributed by atoms with van der Waals surface area (Å²) in [5, 5.41) is 0. The van der Waals surface area contributed by atoms with Gasteiger partial charge in [0.25, 0.3) is 0 Å². The van der Waals surface area contributed by atoms with Gasteiger partial charge in [-0.05, 0) is 51.7 Å². The second-order valence-electron chi connectivity index (χ2n) is 11.0. The summed E-state index contributed by atoms with van der Waals surface area (Å²) in [5.74, 6) is 0.343. The lowest BCUT2D eigenvalue weighted by Crippen LogP contribution is -2.51. The second kappa shape index (κ2) is 18.1. The highest BCUT2D eigenvalue weighted by molar-refractivity contribution is 6.75. The second-order valence-corrected chi connectivity index (χ2v) is 20.4. The molecule has 0 bridgehead atoms. The minimum absolute atomic E-state index is 0.343. The van der Waals surface area contributed by atoms with Gasteiger partial charge in [0.05, 0.1) is 6.61 Å². The van der Waals surface area contributed by atoms with Crippen LogP contribution in [0.4, 0.5) is 0 Å². The molecule has 0 aliphatic heterocycles. The normalized spacial score (nSPS) is 12.6. The van der Waals surface area contributed by atoms with Crippen LogP contribution in [0.1, 0.15) is 96.8 Å². The van der Waals surface area contributed by atoms with Gasteiger partial charge in [-0.25, -0.2) is 0 Å². The van der Waals surface area contributed by atoms with Crippen LogP contribution in [0, 0.1) is 0 Å². The molecular weight excluding hydrogens is 414 g/mol. The van der Waals surface area contributed by atoms with E-state index in [0.29, 0.717) is 18.9 Å². The first-order valence-electron chi connectivity index (χ1n) is 13.2. The smallest absolute Gasteiger partial charge is 0.214 e. The molecule has 0 aromatic heterocycles. The van der Waals surface area contributed by atoms with E-state index in [1.54, 1.807) is 0 Å². The van der Waals surface area contributed by atoms with Gasteiger partial charge in [-0.15, -0.1) is 0 Å². The number of unbranched alkanes of at least 4 members (excludes halogenated alkanes) is 11. The quantitative estimate of drug-likeness (QED) is 0.101. The molecule has 0 aliphatic rings. The number of carbonyl (C=O) groups excluding carboxylic acids is 1. The third-order valence-corrected chi connectivity index (χ3v) is 8.78. The van der Waals surface area contributed by atoms with E-state index >= 15 is 0 Å². The molecule has 0 aliphatic carbocycles. The van der Waals surface area contributed by atoms with Crippen molar-refractivity contribution in [1.29, 1.82) is 0 Å². The fraction of sp³-hybridized carbons (Fsp3) is 0.885. The molecule has 0 rings (SSSR count). The van der Waals surface area contributed by atoms with Crippen LogP contribution in [-0.4, -0.2) is 40.2 Å². The van der Waals surface area contributed by atoms with Crippen molar-refractivity contribution < 1.29 is 9.22 Å². The van der Waals surface area contributed by atoms with Crippen LogP contribution in [-0.2, 0) is 9.22 Å². The maximum absolute atomic E-state index is 12.8. The Morgan fingerprint density at radius 1 is 0.742 bits per heavy atom. The van der Waals surface area contributed by atoms with E-state index in [0.717, 1.165) is 13.0 Å². The standard InChI is InChI=1S/C26H55NO2Si2/c1-8-9-10-11-12-13-14-15-16-17-18-19-20-21-22-23-26(28)27(30(2,3)4)24-25-29-31(5,6)7/h15-16H,8-14,17-25H2,1-7H3/b16-15-. The van der Waals surface area contributed by atoms with Gasteiger partial charge >= 0.3 is 0 Å². The van der Waals surface area contributed by atoms with Gasteiger partial charge in [-0.2, -0.15) is 0 Å². The van der Waals surface area contributed by atoms with E-state index in [4.69, 9.17) is 4.43 Å². The third-order valence-electron chi connectivity index (χ3n) is 5.61. The van der Waals surface area contributed by atoms with Crippen LogP contribution < -0.4 is 0 Å². The van der Waals surface area contributed by atoms with E-state index in [1.807, 2.05) is 0 Å². The van der Waals surface area contributed by atoms with Gasteiger partial charge in [-0.1, -0.05) is 90.1 Å². The van der Waals surface area contributed by atoms with E-state index in [2.05, 4.69) is 62.9 Å². The highest BCUT2D eigenvalue weighted by Crippen LogP contribution is 2.15. The Morgan fingerprint density at radius 2 is 1.23 bits per heavy atom. The molecule has 0 fully saturated rings. The van der Waals surface area contributed by atoms with Crippen molar-refractivity contribution in [2.24, 2.45) is 0 Å². The molecule has 3 nitrogen and oxygen atoms in total. The molecular formula is C26H55NO2Si2. The summed E-state index contributed by atoms with van der Waals surface area (Å²) >= 11 is 0. The lowest BCUT2D eigenvalue weighted by molar-refractivity contribution is -0.127. The molecule has 5 heteroatoms. The molecule has 0 saturated heterocycles. The van der Waals surface area contributed by atoms with E-state index < -0.39 is 16.6 Å². The molecule has 0 atom stereocenters. The van der Waals surface area contributed by atoms with E-state index in [-0.39, 0.29) is 0 Å². The van der Waals surface area contributed by atoms with Crippen molar-refractivity contribution in [3.8, 4) is 0 Å². The number of carbonyl (C=O) groups is 1. The summed E-state index contributed by atoms with van der Waals surface area (Å²) in [6.07, 6.45) is 22.3. The maximum Gasteiger partial charge on any atom is 0.214 e. The van der Waals surface area contributed by atoms with Crippen molar-refractivity contribution in [2.75, 3.05) is 13.2 Å². The number of rotatable bonds is 20. The van der Waals surface area contributed by atoms with Crippen LogP contribution in [0.3, 0.4) is 0 Å². The zero-order valence-electron chi connectivity index (χ0n) is 22.2. The van der Waals surface area contributed by atoms with Crippen LogP contribution in [0.2, 0.25) is 39.3 Å². The first-order chi connectivity index (χ1) is 14.6. The van der Waals surface area contributed by atoms with Crippen molar-refractivity contribution in [3.63, 3.8) is 0 Å². The lowest BCUT2D eigenvalue weighted by atomic mass is 10.1. The Hall–Kier alpha value is -0.396. The summed E-state index contributed by atoms with van der Waals surface area (Å²) in [5.41, 5.74) is 0. The number of hydrogen-bond acceptors (Lipinski definition) is 2. The van der Waals surface area contributed by atoms with Gasteiger partial charge in [0.15, 0.2) is 16.6 Å². The van der Waals surface area contributed by atoms with Crippen LogP contribution in [0.5, 0.6) is 0 Å². The highest BCUT2D eigenvalue weighted by atomic mass is 28.4. The average molecular weight is 470 g/mol. The van der Waals surface area contributed by atoms with Crippen LogP contribution in [0.25, 0.3) is 0 Å². The Kier molecular flexibility index (Phi) is 17.8. The Bertz CT molecular complexity index is 467. The third kappa shape index (κ3) is 20.0. The topological polar surface area (TPSA) is 29.5 Å². The van der Waals surface area contributed by atoms with E-state index in [9.17, 15) is 4.79 Å². The summed E-state index contributed by atoms with van der Waals surface area (Å²) in [6, 6.07) is 0. The number of amides is 1. The molecule has 1 amide bonds. The average Bonchev–Trinajstić information content (AvgIpc) is 2.66. The summed E-state index contributed by atoms with van der Waals surface area (Å²) in [6.45, 7) is 17.1. The predicted octanol–water partition coefficient (Wildman–Crippen LogP) is 8.54. The van der Waals surface area contributed by atoms with Crippen LogP contribution >= 0.6 is 0 Å². The lowest BCUT2D eigenvalue weighted by Gasteiger charge is -2.35. The zero-order chi connectivity index (χ0) is 23.6. The summed E-state index contributed by atoms with van der Waals surface area (Å²) in [4.78, 5) is 12.8. The van der Waals surface area contributed by atoms with Crippen LogP contribution in [0.15, 0.2) is 12.2 Å². The SMILES string of the molecule is CCCCCCCC/C=C\CCCCCCCC(=O)N(CCO[Si](C)(C)C)[Si](C)(C)C. The fourth-order valence-corrected chi connectivity index (χ4v) is 6.09. The summed E-state index contributed by atoms with van der Waals surface area (Å²) in [7, 11) is -3.15. The molecule has 0 aromatic carbocycles. The Balaban J connectivity index is 3.78. The molecule has 0 aromatic rings. The Morgan fingerprint density at radius 3 is 1.71 bits per heavy atom. The molecule has 184 valence electrons. The molecule has 0 N–H and O–H groups in total. The molecule has 0 heterocycles. The highest BCUT2D eigenvalue weighted by Gasteiger charge is 2.28. The van der Waals surface area contributed by atoms with Crippen molar-refractivity contribution in [3.05, 3.63) is 12.2 Å². The van der Waals surface area contributed by atoms with Gasteiger partial charge in [-0.3, -0.25) is 4.79 Å². The Labute approximate surface area is 197 Å². The minimum Gasteiger partial charge on any atom is -0.416 e.